The lowest BCUT2D eigenvalue weighted by atomic mass is 10.1. The van der Waals surface area contributed by atoms with E-state index < -0.39 is 0 Å². The van der Waals surface area contributed by atoms with E-state index in [-0.39, 0.29) is 5.82 Å². The van der Waals surface area contributed by atoms with Gasteiger partial charge in [0.1, 0.15) is 5.82 Å². The summed E-state index contributed by atoms with van der Waals surface area (Å²) in [5.41, 5.74) is 3.29. The highest BCUT2D eigenvalue weighted by atomic mass is 19.1. The monoisotopic (exact) mass is 345 g/mol. The van der Waals surface area contributed by atoms with Crippen molar-refractivity contribution in [3.63, 3.8) is 0 Å². The van der Waals surface area contributed by atoms with Crippen LogP contribution in [0.1, 0.15) is 36.6 Å². The Bertz CT molecular complexity index is 720. The van der Waals surface area contributed by atoms with Crippen LogP contribution in [-0.4, -0.2) is 41.3 Å². The van der Waals surface area contributed by atoms with Gasteiger partial charge >= 0.3 is 0 Å². The van der Waals surface area contributed by atoms with Crippen molar-refractivity contribution in [2.75, 3.05) is 20.6 Å². The van der Waals surface area contributed by atoms with E-state index in [0.717, 1.165) is 30.2 Å². The molecule has 0 bridgehead atoms. The van der Waals surface area contributed by atoms with Crippen LogP contribution in [0.2, 0.25) is 0 Å². The predicted octanol–water partition coefficient (Wildman–Crippen LogP) is 2.93. The molecule has 2 aromatic rings. The molecule has 1 N–H and O–H groups in total. The molecule has 0 aliphatic rings. The minimum absolute atomic E-state index is 0.197. The fourth-order valence-electron chi connectivity index (χ4n) is 2.89. The number of hydrogen-bond donors (Lipinski definition) is 1. The van der Waals surface area contributed by atoms with Gasteiger partial charge in [-0.25, -0.2) is 4.39 Å². The van der Waals surface area contributed by atoms with Gasteiger partial charge in [-0.1, -0.05) is 26.0 Å². The molecule has 1 heterocycles. The van der Waals surface area contributed by atoms with Crippen LogP contribution in [0.25, 0.3) is 0 Å². The van der Waals surface area contributed by atoms with Crippen molar-refractivity contribution in [3.8, 4) is 0 Å². The Kier molecular flexibility index (Phi) is 6.56. The second-order valence-corrected chi connectivity index (χ2v) is 6.58. The molecule has 136 valence electrons. The average molecular weight is 345 g/mol. The fraction of sp³-hybridized carbons (Fsp3) is 0.474. The maximum absolute atomic E-state index is 13.2. The minimum Gasteiger partial charge on any atom is -0.356 e. The Labute approximate surface area is 149 Å². The molecule has 1 aromatic carbocycles. The highest BCUT2D eigenvalue weighted by Crippen LogP contribution is 2.18. The molecule has 1 aromatic heterocycles. The molecule has 0 amide bonds. The van der Waals surface area contributed by atoms with Crippen molar-refractivity contribution in [1.29, 1.82) is 0 Å². The first kappa shape index (κ1) is 19.0. The first-order valence-corrected chi connectivity index (χ1v) is 8.59. The lowest BCUT2D eigenvalue weighted by Crippen LogP contribution is -2.39. The summed E-state index contributed by atoms with van der Waals surface area (Å²) in [6.07, 6.45) is 2.81. The summed E-state index contributed by atoms with van der Waals surface area (Å²) < 4.78 is 15.1. The maximum atomic E-state index is 13.2. The van der Waals surface area contributed by atoms with Gasteiger partial charge in [0.05, 0.1) is 5.69 Å². The Balaban J connectivity index is 1.94. The van der Waals surface area contributed by atoms with Gasteiger partial charge in [0.15, 0.2) is 5.96 Å². The van der Waals surface area contributed by atoms with Gasteiger partial charge in [-0.05, 0) is 30.0 Å². The van der Waals surface area contributed by atoms with Crippen molar-refractivity contribution >= 4 is 5.96 Å². The Hall–Kier alpha value is -2.37. The number of aliphatic imine (C=N–C) groups is 1. The maximum Gasteiger partial charge on any atom is 0.193 e. The Morgan fingerprint density at radius 2 is 2.16 bits per heavy atom. The molecule has 5 nitrogen and oxygen atoms in total. The third kappa shape index (κ3) is 5.31. The molecule has 0 atom stereocenters. The summed E-state index contributed by atoms with van der Waals surface area (Å²) in [5, 5.41) is 7.89. The van der Waals surface area contributed by atoms with Crippen LogP contribution in [0.15, 0.2) is 35.5 Å². The molecule has 0 fully saturated rings. The second-order valence-electron chi connectivity index (χ2n) is 6.58. The largest absolute Gasteiger partial charge is 0.356 e. The molecule has 0 spiro atoms. The number of halogens is 1. The van der Waals surface area contributed by atoms with Crippen LogP contribution < -0.4 is 5.32 Å². The zero-order valence-corrected chi connectivity index (χ0v) is 15.8. The van der Waals surface area contributed by atoms with E-state index >= 15 is 0 Å². The third-order valence-electron chi connectivity index (χ3n) is 4.05. The van der Waals surface area contributed by atoms with E-state index in [2.05, 4.69) is 40.4 Å². The minimum atomic E-state index is -0.197. The summed E-state index contributed by atoms with van der Waals surface area (Å²) >= 11 is 0. The molecule has 0 unspecified atom stereocenters. The first-order chi connectivity index (χ1) is 11.9. The van der Waals surface area contributed by atoms with Gasteiger partial charge < -0.3 is 10.2 Å². The van der Waals surface area contributed by atoms with Gasteiger partial charge in [0.25, 0.3) is 0 Å². The van der Waals surface area contributed by atoms with Crippen LogP contribution >= 0.6 is 0 Å². The Morgan fingerprint density at radius 1 is 1.40 bits per heavy atom. The van der Waals surface area contributed by atoms with Crippen molar-refractivity contribution in [1.82, 2.24) is 20.0 Å². The fourth-order valence-corrected chi connectivity index (χ4v) is 2.89. The number of aryl methyl sites for hydroxylation is 1. The summed E-state index contributed by atoms with van der Waals surface area (Å²) in [4.78, 5) is 6.42. The Morgan fingerprint density at radius 3 is 2.80 bits per heavy atom. The van der Waals surface area contributed by atoms with Crippen molar-refractivity contribution in [2.24, 2.45) is 12.0 Å². The zero-order valence-electron chi connectivity index (χ0n) is 15.8. The summed E-state index contributed by atoms with van der Waals surface area (Å²) in [5.74, 6) is 0.999. The number of nitrogens with zero attached hydrogens (tertiary/aromatic N) is 4. The molecular formula is C19H28FN5. The highest BCUT2D eigenvalue weighted by Gasteiger charge is 2.15. The van der Waals surface area contributed by atoms with E-state index in [1.54, 1.807) is 19.2 Å². The normalized spacial score (nSPS) is 11.9. The van der Waals surface area contributed by atoms with Crippen molar-refractivity contribution in [3.05, 3.63) is 53.1 Å². The van der Waals surface area contributed by atoms with E-state index in [0.29, 0.717) is 12.5 Å². The zero-order chi connectivity index (χ0) is 18.4. The summed E-state index contributed by atoms with van der Waals surface area (Å²) in [7, 11) is 5.73. The van der Waals surface area contributed by atoms with Crippen molar-refractivity contribution < 1.29 is 4.39 Å². The first-order valence-electron chi connectivity index (χ1n) is 8.59. The molecule has 6 heteroatoms. The summed E-state index contributed by atoms with van der Waals surface area (Å²) in [6.45, 7) is 5.74. The van der Waals surface area contributed by atoms with E-state index in [9.17, 15) is 4.39 Å². The molecule has 2 rings (SSSR count). The lowest BCUT2D eigenvalue weighted by molar-refractivity contribution is 0.474. The van der Waals surface area contributed by atoms with Crippen molar-refractivity contribution in [2.45, 2.75) is 32.7 Å². The highest BCUT2D eigenvalue weighted by molar-refractivity contribution is 5.79. The molecule has 0 saturated heterocycles. The molecular weight excluding hydrogens is 317 g/mol. The van der Waals surface area contributed by atoms with Crippen LogP contribution in [0, 0.1) is 5.82 Å². The van der Waals surface area contributed by atoms with Crippen LogP contribution in [0.3, 0.4) is 0 Å². The van der Waals surface area contributed by atoms with Crippen LogP contribution in [-0.2, 0) is 20.0 Å². The third-order valence-corrected chi connectivity index (χ3v) is 4.05. The van der Waals surface area contributed by atoms with Gasteiger partial charge in [-0.2, -0.15) is 5.10 Å². The van der Waals surface area contributed by atoms with Crippen LogP contribution in [0.4, 0.5) is 4.39 Å². The van der Waals surface area contributed by atoms with Gasteiger partial charge in [0, 0.05) is 46.0 Å². The molecule has 0 saturated carbocycles. The standard InChI is InChI=1S/C19H28FN5/c1-14(2)18-16(13-25(5)23-18)12-24(4)19(21-3)22-10-9-15-7-6-8-17(20)11-15/h6-8,11,13-14H,9-10,12H2,1-5H3,(H,21,22). The van der Waals surface area contributed by atoms with Gasteiger partial charge in [-0.3, -0.25) is 9.67 Å². The van der Waals surface area contributed by atoms with Gasteiger partial charge in [0.2, 0.25) is 0 Å². The molecule has 0 radical (unpaired) electrons. The van der Waals surface area contributed by atoms with Gasteiger partial charge in [-0.15, -0.1) is 0 Å². The number of guanidine groups is 1. The predicted molar refractivity (Wildman–Crippen MR) is 100 cm³/mol. The van der Waals surface area contributed by atoms with E-state index in [4.69, 9.17) is 0 Å². The average Bonchev–Trinajstić information content (AvgIpc) is 2.92. The number of aromatic nitrogens is 2. The quantitative estimate of drug-likeness (QED) is 0.647. The lowest BCUT2D eigenvalue weighted by Gasteiger charge is -2.22. The molecule has 25 heavy (non-hydrogen) atoms. The second kappa shape index (κ2) is 8.65. The number of rotatable bonds is 6. The summed E-state index contributed by atoms with van der Waals surface area (Å²) in [6, 6.07) is 6.70. The number of hydrogen-bond acceptors (Lipinski definition) is 2. The molecule has 0 aliphatic heterocycles. The molecule has 0 aliphatic carbocycles. The van der Waals surface area contributed by atoms with E-state index in [1.807, 2.05) is 24.8 Å². The topological polar surface area (TPSA) is 45.5 Å². The number of benzene rings is 1. The van der Waals surface area contributed by atoms with E-state index in [1.165, 1.54) is 11.6 Å². The van der Waals surface area contributed by atoms with Crippen LogP contribution in [0.5, 0.6) is 0 Å². The smallest absolute Gasteiger partial charge is 0.193 e. The number of nitrogens with one attached hydrogen (secondary N) is 1. The SMILES string of the molecule is CN=C(NCCc1cccc(F)c1)N(C)Cc1cn(C)nc1C(C)C.